The highest BCUT2D eigenvalue weighted by Gasteiger charge is 2.36. The fourth-order valence-corrected chi connectivity index (χ4v) is 5.11. The molecule has 0 N–H and O–H groups in total. The van der Waals surface area contributed by atoms with Gasteiger partial charge in [0.2, 0.25) is 0 Å². The third kappa shape index (κ3) is 2.09. The van der Waals surface area contributed by atoms with Gasteiger partial charge in [0.1, 0.15) is 0 Å². The van der Waals surface area contributed by atoms with E-state index in [0.717, 1.165) is 24.8 Å². The quantitative estimate of drug-likeness (QED) is 0.808. The molecular weight excluding hydrogens is 284 g/mol. The average molecular weight is 308 g/mol. The summed E-state index contributed by atoms with van der Waals surface area (Å²) in [5.41, 5.74) is 3.03. The van der Waals surface area contributed by atoms with Gasteiger partial charge in [0, 0.05) is 18.1 Å². The highest BCUT2D eigenvalue weighted by atomic mass is 16.1. The standard InChI is InChI=1S/C20H24N2O/c23-20-17-7-3-6-15-4-1-2-5-16(19(15)17)12-22(20)18-13-21-10-8-14(18)9-11-21/h3,6-7,12,14,18H,1-2,4-5,8-11,13H2/t18-/m1/s1. The van der Waals surface area contributed by atoms with E-state index in [0.29, 0.717) is 12.0 Å². The van der Waals surface area contributed by atoms with E-state index in [-0.39, 0.29) is 5.56 Å². The fraction of sp³-hybridized carbons (Fsp3) is 0.550. The lowest BCUT2D eigenvalue weighted by atomic mass is 9.83. The zero-order valence-electron chi connectivity index (χ0n) is 13.6. The van der Waals surface area contributed by atoms with Gasteiger partial charge in [-0.3, -0.25) is 4.79 Å². The molecule has 0 radical (unpaired) electrons. The van der Waals surface area contributed by atoms with Crippen LogP contribution in [0.2, 0.25) is 0 Å². The molecule has 1 aromatic heterocycles. The number of fused-ring (bicyclic) bond motifs is 3. The van der Waals surface area contributed by atoms with E-state index < -0.39 is 0 Å². The van der Waals surface area contributed by atoms with Crippen molar-refractivity contribution in [2.75, 3.05) is 19.6 Å². The van der Waals surface area contributed by atoms with Crippen molar-refractivity contribution in [3.63, 3.8) is 0 Å². The van der Waals surface area contributed by atoms with Crippen molar-refractivity contribution in [1.29, 1.82) is 0 Å². The van der Waals surface area contributed by atoms with Crippen molar-refractivity contribution < 1.29 is 0 Å². The molecule has 3 saturated heterocycles. The maximum absolute atomic E-state index is 13.2. The molecule has 1 atom stereocenters. The summed E-state index contributed by atoms with van der Waals surface area (Å²) in [6, 6.07) is 6.73. The molecule has 2 bridgehead atoms. The van der Waals surface area contributed by atoms with Crippen LogP contribution < -0.4 is 5.56 Å². The van der Waals surface area contributed by atoms with Crippen LogP contribution in [0.3, 0.4) is 0 Å². The Morgan fingerprint density at radius 3 is 2.52 bits per heavy atom. The number of benzene rings is 1. The molecule has 0 amide bonds. The van der Waals surface area contributed by atoms with Gasteiger partial charge < -0.3 is 9.47 Å². The smallest absolute Gasteiger partial charge is 0.258 e. The number of aromatic nitrogens is 1. The van der Waals surface area contributed by atoms with Crippen molar-refractivity contribution >= 4 is 10.8 Å². The number of aryl methyl sites for hydroxylation is 2. The van der Waals surface area contributed by atoms with Crippen LogP contribution in [0.15, 0.2) is 29.2 Å². The predicted molar refractivity (Wildman–Crippen MR) is 93.1 cm³/mol. The van der Waals surface area contributed by atoms with E-state index in [9.17, 15) is 4.79 Å². The third-order valence-corrected chi connectivity index (χ3v) is 6.35. The number of hydrogen-bond acceptors (Lipinski definition) is 2. The Morgan fingerprint density at radius 2 is 1.78 bits per heavy atom. The van der Waals surface area contributed by atoms with Crippen molar-refractivity contribution in [2.45, 2.75) is 44.6 Å². The topological polar surface area (TPSA) is 25.2 Å². The molecule has 2 aromatic rings. The summed E-state index contributed by atoms with van der Waals surface area (Å²) < 4.78 is 2.11. The second-order valence-electron chi connectivity index (χ2n) is 7.62. The van der Waals surface area contributed by atoms with E-state index in [1.165, 1.54) is 55.3 Å². The maximum atomic E-state index is 13.2. The van der Waals surface area contributed by atoms with Crippen LogP contribution in [0, 0.1) is 5.92 Å². The maximum Gasteiger partial charge on any atom is 0.258 e. The van der Waals surface area contributed by atoms with E-state index in [1.54, 1.807) is 0 Å². The second-order valence-corrected chi connectivity index (χ2v) is 7.62. The van der Waals surface area contributed by atoms with Crippen molar-refractivity contribution in [1.82, 2.24) is 9.47 Å². The van der Waals surface area contributed by atoms with Gasteiger partial charge in [-0.25, -0.2) is 0 Å². The lowest BCUT2D eigenvalue weighted by Gasteiger charge is -2.45. The van der Waals surface area contributed by atoms with E-state index >= 15 is 0 Å². The summed E-state index contributed by atoms with van der Waals surface area (Å²) in [5.74, 6) is 0.691. The number of rotatable bonds is 1. The number of nitrogens with zero attached hydrogens (tertiary/aromatic N) is 2. The molecule has 0 saturated carbocycles. The zero-order chi connectivity index (χ0) is 15.4. The Hall–Kier alpha value is -1.61. The summed E-state index contributed by atoms with van der Waals surface area (Å²) in [4.78, 5) is 15.7. The van der Waals surface area contributed by atoms with Gasteiger partial charge >= 0.3 is 0 Å². The molecule has 6 rings (SSSR count). The van der Waals surface area contributed by atoms with Crippen molar-refractivity contribution in [3.8, 4) is 0 Å². The van der Waals surface area contributed by atoms with Gasteiger partial charge in [-0.05, 0) is 80.1 Å². The van der Waals surface area contributed by atoms with Crippen LogP contribution in [0.5, 0.6) is 0 Å². The molecule has 4 aliphatic rings. The molecular formula is C20H24N2O. The van der Waals surface area contributed by atoms with Crippen LogP contribution in [-0.4, -0.2) is 29.1 Å². The Morgan fingerprint density at radius 1 is 1.00 bits per heavy atom. The first kappa shape index (κ1) is 13.8. The molecule has 3 nitrogen and oxygen atoms in total. The number of pyridine rings is 1. The van der Waals surface area contributed by atoms with Crippen LogP contribution >= 0.6 is 0 Å². The number of piperidine rings is 3. The fourth-order valence-electron chi connectivity index (χ4n) is 5.11. The number of hydrogen-bond donors (Lipinski definition) is 0. The Balaban J connectivity index is 1.72. The molecule has 0 unspecified atom stereocenters. The van der Waals surface area contributed by atoms with Gasteiger partial charge in [0.25, 0.3) is 5.56 Å². The van der Waals surface area contributed by atoms with E-state index in [4.69, 9.17) is 0 Å². The lowest BCUT2D eigenvalue weighted by Crippen LogP contribution is -2.50. The van der Waals surface area contributed by atoms with Gasteiger partial charge in [0.15, 0.2) is 0 Å². The highest BCUT2D eigenvalue weighted by Crippen LogP contribution is 2.36. The molecule has 3 aliphatic heterocycles. The molecule has 120 valence electrons. The molecule has 1 aliphatic carbocycles. The minimum Gasteiger partial charge on any atom is -0.310 e. The SMILES string of the molecule is O=c1c2cccc3c2c(cn1[C@@H]1CN2CCC1CC2)CCCC3. The monoisotopic (exact) mass is 308 g/mol. The molecule has 4 heterocycles. The van der Waals surface area contributed by atoms with Crippen LogP contribution in [-0.2, 0) is 12.8 Å². The Labute approximate surface area is 136 Å². The Kier molecular flexibility index (Phi) is 3.12. The van der Waals surface area contributed by atoms with Gasteiger partial charge in [0.05, 0.1) is 6.04 Å². The van der Waals surface area contributed by atoms with Crippen molar-refractivity contribution in [3.05, 3.63) is 45.9 Å². The van der Waals surface area contributed by atoms with Crippen LogP contribution in [0.4, 0.5) is 0 Å². The third-order valence-electron chi connectivity index (χ3n) is 6.35. The summed E-state index contributed by atoms with van der Waals surface area (Å²) in [5, 5.41) is 2.23. The second kappa shape index (κ2) is 5.20. The minimum absolute atomic E-state index is 0.242. The zero-order valence-corrected chi connectivity index (χ0v) is 13.6. The molecule has 23 heavy (non-hydrogen) atoms. The van der Waals surface area contributed by atoms with E-state index in [2.05, 4.69) is 27.8 Å². The van der Waals surface area contributed by atoms with Crippen molar-refractivity contribution in [2.24, 2.45) is 5.92 Å². The highest BCUT2D eigenvalue weighted by molar-refractivity contribution is 5.88. The normalized spacial score (nSPS) is 29.7. The summed E-state index contributed by atoms with van der Waals surface area (Å²) in [7, 11) is 0. The molecule has 0 spiro atoms. The first-order valence-corrected chi connectivity index (χ1v) is 9.19. The first-order chi connectivity index (χ1) is 11.3. The molecule has 3 heteroatoms. The lowest BCUT2D eigenvalue weighted by molar-refractivity contribution is 0.0555. The predicted octanol–water partition coefficient (Wildman–Crippen LogP) is 3.15. The minimum atomic E-state index is 0.242. The molecule has 3 fully saturated rings. The van der Waals surface area contributed by atoms with Gasteiger partial charge in [-0.15, -0.1) is 0 Å². The average Bonchev–Trinajstić information content (AvgIpc) is 2.82. The summed E-state index contributed by atoms with van der Waals surface area (Å²) in [6.45, 7) is 3.51. The van der Waals surface area contributed by atoms with Crippen LogP contribution in [0.1, 0.15) is 42.9 Å². The first-order valence-electron chi connectivity index (χ1n) is 9.19. The van der Waals surface area contributed by atoms with Gasteiger partial charge in [-0.1, -0.05) is 12.1 Å². The summed E-state index contributed by atoms with van der Waals surface area (Å²) >= 11 is 0. The summed E-state index contributed by atoms with van der Waals surface area (Å²) in [6.07, 6.45) is 9.45. The van der Waals surface area contributed by atoms with Crippen LogP contribution in [0.25, 0.3) is 10.8 Å². The Bertz CT molecular complexity index is 814. The van der Waals surface area contributed by atoms with Gasteiger partial charge in [-0.2, -0.15) is 0 Å². The largest absolute Gasteiger partial charge is 0.310 e. The van der Waals surface area contributed by atoms with E-state index in [1.807, 2.05) is 6.07 Å². The molecule has 1 aromatic carbocycles.